The van der Waals surface area contributed by atoms with Gasteiger partial charge in [0.05, 0.1) is 5.69 Å². The first-order valence-corrected chi connectivity index (χ1v) is 8.53. The van der Waals surface area contributed by atoms with Crippen molar-refractivity contribution in [3.05, 3.63) is 29.6 Å². The average Bonchev–Trinajstić information content (AvgIpc) is 2.48. The third-order valence-electron chi connectivity index (χ3n) is 4.78. The Labute approximate surface area is 130 Å². The Morgan fingerprint density at radius 1 is 1.24 bits per heavy atom. The van der Waals surface area contributed by atoms with Crippen LogP contribution in [0, 0.1) is 12.3 Å². The summed E-state index contributed by atoms with van der Waals surface area (Å²) in [5, 5.41) is 3.52. The predicted octanol–water partition coefficient (Wildman–Crippen LogP) is 3.38. The van der Waals surface area contributed by atoms with E-state index in [2.05, 4.69) is 54.2 Å². The zero-order valence-corrected chi connectivity index (χ0v) is 14.0. The van der Waals surface area contributed by atoms with Crippen molar-refractivity contribution in [3.8, 4) is 0 Å². The van der Waals surface area contributed by atoms with Crippen molar-refractivity contribution < 1.29 is 0 Å². The Bertz CT molecular complexity index is 419. The van der Waals surface area contributed by atoms with Gasteiger partial charge in [-0.3, -0.25) is 9.88 Å². The summed E-state index contributed by atoms with van der Waals surface area (Å²) >= 11 is 0. The van der Waals surface area contributed by atoms with Crippen LogP contribution >= 0.6 is 0 Å². The highest BCUT2D eigenvalue weighted by Crippen LogP contribution is 2.35. The number of aromatic nitrogens is 1. The molecule has 1 aliphatic heterocycles. The second-order valence-corrected chi connectivity index (χ2v) is 6.57. The van der Waals surface area contributed by atoms with Crippen LogP contribution in [-0.2, 0) is 6.54 Å². The molecule has 0 atom stereocenters. The van der Waals surface area contributed by atoms with Gasteiger partial charge in [0.25, 0.3) is 0 Å². The molecule has 0 amide bonds. The number of pyridine rings is 1. The molecule has 1 saturated heterocycles. The Hall–Kier alpha value is -0.930. The van der Waals surface area contributed by atoms with Crippen LogP contribution in [0.4, 0.5) is 0 Å². The van der Waals surface area contributed by atoms with Crippen LogP contribution in [0.2, 0.25) is 0 Å². The summed E-state index contributed by atoms with van der Waals surface area (Å²) in [5.74, 6) is 0. The van der Waals surface area contributed by atoms with Crippen molar-refractivity contribution >= 4 is 0 Å². The van der Waals surface area contributed by atoms with Crippen molar-refractivity contribution in [3.63, 3.8) is 0 Å². The molecule has 1 aromatic rings. The Morgan fingerprint density at radius 2 is 2.00 bits per heavy atom. The van der Waals surface area contributed by atoms with Crippen LogP contribution in [0.1, 0.15) is 50.9 Å². The molecule has 118 valence electrons. The molecule has 2 rings (SSSR count). The fourth-order valence-electron chi connectivity index (χ4n) is 3.65. The summed E-state index contributed by atoms with van der Waals surface area (Å²) in [5.41, 5.74) is 2.84. The minimum atomic E-state index is 0.514. The van der Waals surface area contributed by atoms with E-state index in [9.17, 15) is 0 Å². The zero-order valence-electron chi connectivity index (χ0n) is 14.0. The zero-order chi connectivity index (χ0) is 15.1. The fourth-order valence-corrected chi connectivity index (χ4v) is 3.65. The highest BCUT2D eigenvalue weighted by molar-refractivity contribution is 5.09. The molecule has 2 heterocycles. The maximum absolute atomic E-state index is 4.67. The van der Waals surface area contributed by atoms with E-state index in [0.29, 0.717) is 5.41 Å². The Balaban J connectivity index is 2.02. The lowest BCUT2D eigenvalue weighted by Crippen LogP contribution is -2.44. The van der Waals surface area contributed by atoms with E-state index < -0.39 is 0 Å². The molecule has 0 spiro atoms. The summed E-state index contributed by atoms with van der Waals surface area (Å²) in [6.45, 7) is 12.3. The van der Waals surface area contributed by atoms with Gasteiger partial charge in [-0.1, -0.05) is 26.3 Å². The molecule has 1 aliphatic rings. The number of hydrogen-bond acceptors (Lipinski definition) is 3. The van der Waals surface area contributed by atoms with Crippen molar-refractivity contribution in [1.29, 1.82) is 0 Å². The largest absolute Gasteiger partial charge is 0.317 e. The number of nitrogens with one attached hydrogen (secondary N) is 1. The van der Waals surface area contributed by atoms with Crippen LogP contribution in [0.15, 0.2) is 18.2 Å². The molecule has 3 nitrogen and oxygen atoms in total. The van der Waals surface area contributed by atoms with E-state index in [0.717, 1.165) is 18.8 Å². The van der Waals surface area contributed by atoms with Gasteiger partial charge in [-0.2, -0.15) is 0 Å². The molecule has 1 fully saturated rings. The van der Waals surface area contributed by atoms with Crippen LogP contribution in [0.5, 0.6) is 0 Å². The minimum absolute atomic E-state index is 0.514. The second-order valence-electron chi connectivity index (χ2n) is 6.57. The minimum Gasteiger partial charge on any atom is -0.317 e. The fraction of sp³-hybridized carbons (Fsp3) is 0.722. The summed E-state index contributed by atoms with van der Waals surface area (Å²) in [7, 11) is 0. The second kappa shape index (κ2) is 7.90. The maximum Gasteiger partial charge on any atom is 0.0547 e. The SMILES string of the molecule is CCCC1(CN(CC)Cc2cccc(C)n2)CCNCC1. The molecule has 1 N–H and O–H groups in total. The maximum atomic E-state index is 4.67. The van der Waals surface area contributed by atoms with Crippen molar-refractivity contribution in [2.24, 2.45) is 5.41 Å². The van der Waals surface area contributed by atoms with Gasteiger partial charge in [-0.25, -0.2) is 0 Å². The topological polar surface area (TPSA) is 28.2 Å². The molecule has 0 aliphatic carbocycles. The molecular formula is C18H31N3. The Morgan fingerprint density at radius 3 is 2.62 bits per heavy atom. The van der Waals surface area contributed by atoms with Crippen LogP contribution < -0.4 is 5.32 Å². The molecule has 21 heavy (non-hydrogen) atoms. The highest BCUT2D eigenvalue weighted by Gasteiger charge is 2.32. The third-order valence-corrected chi connectivity index (χ3v) is 4.78. The van der Waals surface area contributed by atoms with Gasteiger partial charge in [-0.15, -0.1) is 0 Å². The molecule has 0 unspecified atom stereocenters. The smallest absolute Gasteiger partial charge is 0.0547 e. The van der Waals surface area contributed by atoms with Gasteiger partial charge in [0, 0.05) is 18.8 Å². The lowest BCUT2D eigenvalue weighted by molar-refractivity contribution is 0.0988. The van der Waals surface area contributed by atoms with E-state index in [1.807, 2.05) is 0 Å². The van der Waals surface area contributed by atoms with Gasteiger partial charge < -0.3 is 5.32 Å². The van der Waals surface area contributed by atoms with E-state index in [1.54, 1.807) is 0 Å². The first-order valence-electron chi connectivity index (χ1n) is 8.53. The number of aryl methyl sites for hydroxylation is 1. The molecular weight excluding hydrogens is 258 g/mol. The summed E-state index contributed by atoms with van der Waals surface area (Å²) in [6, 6.07) is 6.35. The number of piperidine rings is 1. The van der Waals surface area contributed by atoms with Gasteiger partial charge in [0.2, 0.25) is 0 Å². The summed E-state index contributed by atoms with van der Waals surface area (Å²) < 4.78 is 0. The number of nitrogens with zero attached hydrogens (tertiary/aromatic N) is 2. The molecule has 0 saturated carbocycles. The van der Waals surface area contributed by atoms with Crippen LogP contribution in [-0.4, -0.2) is 36.1 Å². The van der Waals surface area contributed by atoms with E-state index >= 15 is 0 Å². The van der Waals surface area contributed by atoms with Crippen molar-refractivity contribution in [1.82, 2.24) is 15.2 Å². The Kier molecular flexibility index (Phi) is 6.19. The van der Waals surface area contributed by atoms with Crippen LogP contribution in [0.3, 0.4) is 0 Å². The van der Waals surface area contributed by atoms with Gasteiger partial charge in [0.1, 0.15) is 0 Å². The first-order chi connectivity index (χ1) is 10.2. The number of rotatable bonds is 7. The first kappa shape index (κ1) is 16.4. The summed E-state index contributed by atoms with van der Waals surface area (Å²) in [6.07, 6.45) is 5.28. The van der Waals surface area contributed by atoms with E-state index in [1.165, 1.54) is 51.0 Å². The highest BCUT2D eigenvalue weighted by atomic mass is 15.1. The van der Waals surface area contributed by atoms with Gasteiger partial charge in [0.15, 0.2) is 0 Å². The lowest BCUT2D eigenvalue weighted by Gasteiger charge is -2.41. The quantitative estimate of drug-likeness (QED) is 0.834. The van der Waals surface area contributed by atoms with Crippen molar-refractivity contribution in [2.75, 3.05) is 26.2 Å². The lowest BCUT2D eigenvalue weighted by atomic mass is 9.75. The van der Waals surface area contributed by atoms with Gasteiger partial charge >= 0.3 is 0 Å². The average molecular weight is 289 g/mol. The normalized spacial score (nSPS) is 18.1. The predicted molar refractivity (Wildman–Crippen MR) is 89.4 cm³/mol. The van der Waals surface area contributed by atoms with E-state index in [-0.39, 0.29) is 0 Å². The molecule has 0 radical (unpaired) electrons. The van der Waals surface area contributed by atoms with Gasteiger partial charge in [-0.05, 0) is 63.4 Å². The standard InChI is InChI=1S/C18H31N3/c1-4-9-18(10-12-19-13-11-18)15-21(5-2)14-17-8-6-7-16(3)20-17/h6-8,19H,4-5,9-15H2,1-3H3. The van der Waals surface area contributed by atoms with Crippen LogP contribution in [0.25, 0.3) is 0 Å². The molecule has 3 heteroatoms. The third kappa shape index (κ3) is 4.79. The van der Waals surface area contributed by atoms with E-state index in [4.69, 9.17) is 0 Å². The van der Waals surface area contributed by atoms with Crippen molar-refractivity contribution in [2.45, 2.75) is 53.0 Å². The molecule has 1 aromatic heterocycles. The molecule has 0 aromatic carbocycles. The molecule has 0 bridgehead atoms. The number of hydrogen-bond donors (Lipinski definition) is 1. The monoisotopic (exact) mass is 289 g/mol. The summed E-state index contributed by atoms with van der Waals surface area (Å²) in [4.78, 5) is 7.25.